The summed E-state index contributed by atoms with van der Waals surface area (Å²) in [6.07, 6.45) is -6.14. The molecule has 15 nitrogen and oxygen atoms in total. The molecule has 3 aliphatic heterocycles. The number of Topliss-reactive ketones (excluding diaryl/α,β-unsaturated/α-hetero) is 1. The molecule has 2 aromatic carbocycles. The minimum absolute atomic E-state index is 0.00247. The molecule has 2 aromatic rings. The molecule has 3 heterocycles. The van der Waals surface area contributed by atoms with Crippen molar-refractivity contribution in [2.24, 2.45) is 0 Å². The van der Waals surface area contributed by atoms with Crippen molar-refractivity contribution in [3.63, 3.8) is 0 Å². The fraction of sp³-hybridized carbons (Fsp3) is 0.625. The summed E-state index contributed by atoms with van der Waals surface area (Å²) in [5.41, 5.74) is -2.57. The number of ketones is 3. The lowest BCUT2D eigenvalue weighted by Gasteiger charge is -2.48. The zero-order valence-electron chi connectivity index (χ0n) is 31.9. The Morgan fingerprint density at radius 2 is 1.47 bits per heavy atom. The van der Waals surface area contributed by atoms with Crippen molar-refractivity contribution < 1.29 is 68.3 Å². The number of rotatable bonds is 8. The summed E-state index contributed by atoms with van der Waals surface area (Å²) >= 11 is 0. The van der Waals surface area contributed by atoms with E-state index < -0.39 is 107 Å². The van der Waals surface area contributed by atoms with E-state index in [9.17, 15) is 39.9 Å². The Balaban J connectivity index is 1.11. The minimum Gasteiger partial charge on any atom is -0.507 e. The number of phenols is 3. The quantitative estimate of drug-likeness (QED) is 0.209. The monoisotopic (exact) mass is 769 g/mol. The standard InChI is InChI=1S/C40H51NO14/c1-7-40(49)14-13-21-30(36(48)32-31(34(21)46)35(47)29-20(33(32)45)9-8-10-24(29)43)39(40)55-27-15-22(41(5)6)37(18(3)51-27)54-28-16-25(44)38(19(4)52-28)53-26-12-11-23(42)17(2)50-26/h8-10,17-19,22,25-28,37-39,43-44,46,48-49H,7,11-16H2,1-6H3/t17-,18-,19-,22-,25-,26-,27-,28-,37+,38+,39+,40+/m0/s1. The predicted molar refractivity (Wildman–Crippen MR) is 192 cm³/mol. The number of ether oxygens (including phenoxy) is 6. The maximum Gasteiger partial charge on any atom is 0.202 e. The van der Waals surface area contributed by atoms with Gasteiger partial charge in [0.15, 0.2) is 30.4 Å². The summed E-state index contributed by atoms with van der Waals surface area (Å²) in [7, 11) is 3.75. The molecular formula is C40H51NO14. The van der Waals surface area contributed by atoms with E-state index in [-0.39, 0.29) is 66.2 Å². The molecular weight excluding hydrogens is 718 g/mol. The van der Waals surface area contributed by atoms with Gasteiger partial charge in [0.1, 0.15) is 41.7 Å². The SMILES string of the molecule is CC[C@@]1(O)CCc2c(O)c3c(c(O)c2[C@H]1O[C@H]1C[C@H](N(C)C)[C@H](O[C@H]2C[C@H](O)[C@H](O[C@H]4CCC(=O)[C@H](C)O4)[C@H](C)O2)[C@H](C)O1)C(=O)c1cccc(O)c1C3=O. The second kappa shape index (κ2) is 15.1. The number of benzene rings is 2. The van der Waals surface area contributed by atoms with Gasteiger partial charge >= 0.3 is 0 Å². The maximum atomic E-state index is 13.8. The van der Waals surface area contributed by atoms with Gasteiger partial charge in [0.2, 0.25) is 5.78 Å². The number of fused-ring (bicyclic) bond motifs is 3. The van der Waals surface area contributed by atoms with Crippen LogP contribution in [-0.4, -0.2) is 129 Å². The number of carbonyl (C=O) groups is 3. The Bertz CT molecular complexity index is 1840. The largest absolute Gasteiger partial charge is 0.507 e. The number of aliphatic hydroxyl groups excluding tert-OH is 1. The molecule has 3 fully saturated rings. The molecule has 5 N–H and O–H groups in total. The van der Waals surface area contributed by atoms with Crippen LogP contribution in [0, 0.1) is 0 Å². The Labute approximate surface area is 319 Å². The summed E-state index contributed by atoms with van der Waals surface area (Å²) in [5.74, 6) is -3.05. The van der Waals surface area contributed by atoms with E-state index in [1.807, 2.05) is 25.9 Å². The van der Waals surface area contributed by atoms with Crippen molar-refractivity contribution in [3.8, 4) is 17.2 Å². The van der Waals surface area contributed by atoms with Crippen molar-refractivity contribution in [1.29, 1.82) is 0 Å². The zero-order chi connectivity index (χ0) is 39.7. The Morgan fingerprint density at radius 1 is 0.818 bits per heavy atom. The second-order valence-electron chi connectivity index (χ2n) is 15.7. The molecule has 0 amide bonds. The molecule has 0 radical (unpaired) electrons. The third kappa shape index (κ3) is 6.97. The van der Waals surface area contributed by atoms with Crippen molar-refractivity contribution in [3.05, 3.63) is 51.6 Å². The number of hydrogen-bond donors (Lipinski definition) is 5. The number of likely N-dealkylation sites (N-methyl/N-ethyl adjacent to an activating group) is 1. The molecule has 0 bridgehead atoms. The van der Waals surface area contributed by atoms with E-state index >= 15 is 0 Å². The summed E-state index contributed by atoms with van der Waals surface area (Å²) < 4.78 is 37.4. The maximum absolute atomic E-state index is 13.8. The molecule has 12 atom stereocenters. The summed E-state index contributed by atoms with van der Waals surface area (Å²) in [4.78, 5) is 41.3. The highest BCUT2D eigenvalue weighted by Gasteiger charge is 2.51. The fourth-order valence-electron chi connectivity index (χ4n) is 8.85. The number of carbonyl (C=O) groups excluding carboxylic acids is 3. The van der Waals surface area contributed by atoms with Crippen LogP contribution >= 0.6 is 0 Å². The number of aromatic hydroxyl groups is 3. The van der Waals surface area contributed by atoms with Gasteiger partial charge < -0.3 is 58.9 Å². The first-order valence-corrected chi connectivity index (χ1v) is 19.1. The van der Waals surface area contributed by atoms with Gasteiger partial charge in [0, 0.05) is 48.4 Å². The van der Waals surface area contributed by atoms with Crippen LogP contribution in [0.2, 0.25) is 0 Å². The van der Waals surface area contributed by atoms with Gasteiger partial charge in [0.25, 0.3) is 0 Å². The second-order valence-corrected chi connectivity index (χ2v) is 15.7. The van der Waals surface area contributed by atoms with Crippen LogP contribution in [0.3, 0.4) is 0 Å². The number of aliphatic hydroxyl groups is 2. The van der Waals surface area contributed by atoms with Crippen molar-refractivity contribution in [2.75, 3.05) is 14.1 Å². The average Bonchev–Trinajstić information content (AvgIpc) is 3.13. The van der Waals surface area contributed by atoms with Crippen LogP contribution in [0.15, 0.2) is 18.2 Å². The topological polar surface area (TPSA) is 211 Å². The minimum atomic E-state index is -1.55. The molecule has 2 aliphatic carbocycles. The van der Waals surface area contributed by atoms with Gasteiger partial charge in [-0.05, 0) is 60.2 Å². The highest BCUT2D eigenvalue weighted by molar-refractivity contribution is 6.31. The molecule has 0 aromatic heterocycles. The summed E-state index contributed by atoms with van der Waals surface area (Å²) in [6.45, 7) is 7.04. The molecule has 7 rings (SSSR count). The lowest BCUT2D eigenvalue weighted by molar-refractivity contribution is -0.328. The van der Waals surface area contributed by atoms with Crippen LogP contribution in [0.4, 0.5) is 0 Å². The lowest BCUT2D eigenvalue weighted by Crippen LogP contribution is -2.58. The first-order valence-electron chi connectivity index (χ1n) is 19.1. The highest BCUT2D eigenvalue weighted by Crippen LogP contribution is 2.54. The number of phenolic OH excluding ortho intramolecular Hbond substituents is 3. The first kappa shape index (κ1) is 39.7. The molecule has 0 spiro atoms. The summed E-state index contributed by atoms with van der Waals surface area (Å²) in [5, 5.41) is 57.0. The van der Waals surface area contributed by atoms with Crippen LogP contribution < -0.4 is 0 Å². The number of hydrogen-bond acceptors (Lipinski definition) is 15. The van der Waals surface area contributed by atoms with Crippen molar-refractivity contribution >= 4 is 17.3 Å². The van der Waals surface area contributed by atoms with Crippen LogP contribution in [0.25, 0.3) is 0 Å². The third-order valence-electron chi connectivity index (χ3n) is 12.0. The molecule has 300 valence electrons. The Morgan fingerprint density at radius 3 is 2.13 bits per heavy atom. The zero-order valence-corrected chi connectivity index (χ0v) is 31.9. The van der Waals surface area contributed by atoms with Gasteiger partial charge in [-0.3, -0.25) is 14.4 Å². The predicted octanol–water partition coefficient (Wildman–Crippen LogP) is 3.15. The van der Waals surface area contributed by atoms with Crippen LogP contribution in [0.1, 0.15) is 115 Å². The van der Waals surface area contributed by atoms with E-state index in [4.69, 9.17) is 28.4 Å². The molecule has 3 saturated heterocycles. The Hall–Kier alpha value is -3.51. The molecule has 15 heteroatoms. The highest BCUT2D eigenvalue weighted by atomic mass is 16.7. The number of nitrogens with zero attached hydrogens (tertiary/aromatic N) is 1. The van der Waals surface area contributed by atoms with Gasteiger partial charge in [-0.15, -0.1) is 0 Å². The average molecular weight is 770 g/mol. The molecule has 55 heavy (non-hydrogen) atoms. The van der Waals surface area contributed by atoms with E-state index in [2.05, 4.69) is 0 Å². The van der Waals surface area contributed by atoms with Gasteiger partial charge in [-0.2, -0.15) is 0 Å². The molecule has 0 unspecified atom stereocenters. The van der Waals surface area contributed by atoms with Gasteiger partial charge in [0.05, 0.1) is 40.6 Å². The van der Waals surface area contributed by atoms with Crippen LogP contribution in [0.5, 0.6) is 17.2 Å². The first-order chi connectivity index (χ1) is 26.0. The van der Waals surface area contributed by atoms with E-state index in [1.165, 1.54) is 18.2 Å². The molecule has 0 saturated carbocycles. The lowest BCUT2D eigenvalue weighted by atomic mass is 9.71. The smallest absolute Gasteiger partial charge is 0.202 e. The fourth-order valence-corrected chi connectivity index (χ4v) is 8.85. The van der Waals surface area contributed by atoms with E-state index in [0.717, 1.165) is 0 Å². The summed E-state index contributed by atoms with van der Waals surface area (Å²) in [6, 6.07) is 3.73. The Kier molecular flexibility index (Phi) is 10.9. The normalized spacial score (nSPS) is 36.4. The van der Waals surface area contributed by atoms with Gasteiger partial charge in [-0.1, -0.05) is 19.1 Å². The van der Waals surface area contributed by atoms with Gasteiger partial charge in [-0.25, -0.2) is 0 Å². The van der Waals surface area contributed by atoms with Crippen molar-refractivity contribution in [1.82, 2.24) is 4.90 Å². The third-order valence-corrected chi connectivity index (χ3v) is 12.0. The van der Waals surface area contributed by atoms with Crippen molar-refractivity contribution in [2.45, 2.75) is 146 Å². The van der Waals surface area contributed by atoms with Crippen LogP contribution in [-0.2, 0) is 39.6 Å². The van der Waals surface area contributed by atoms with E-state index in [1.54, 1.807) is 20.8 Å². The molecule has 5 aliphatic rings. The van der Waals surface area contributed by atoms with E-state index in [0.29, 0.717) is 12.8 Å².